The van der Waals surface area contributed by atoms with Gasteiger partial charge in [-0.25, -0.2) is 0 Å². The number of carbonyl (C=O) groups excluding carboxylic acids is 1. The summed E-state index contributed by atoms with van der Waals surface area (Å²) in [6, 6.07) is 7.51. The number of rotatable bonds is 5. The first-order chi connectivity index (χ1) is 10.1. The summed E-state index contributed by atoms with van der Waals surface area (Å²) >= 11 is 0. The Kier molecular flexibility index (Phi) is 5.39. The quantitative estimate of drug-likeness (QED) is 0.819. The van der Waals surface area contributed by atoms with Crippen LogP contribution in [0.15, 0.2) is 30.3 Å². The molecule has 2 rings (SSSR count). The number of benzene rings is 1. The van der Waals surface area contributed by atoms with Crippen LogP contribution in [0.25, 0.3) is 6.08 Å². The third kappa shape index (κ3) is 4.60. The standard InChI is InChI=1S/C17H23NO3/c1-21-15-8-4-3-7-14(15)9-10-16(19)18-13-17(20)11-5-2-6-12-17/h3-4,7-10,20H,2,5-6,11-13H2,1H3,(H,18,19). The summed E-state index contributed by atoms with van der Waals surface area (Å²) in [5, 5.41) is 13.1. The van der Waals surface area contributed by atoms with Crippen molar-refractivity contribution in [1.82, 2.24) is 5.32 Å². The summed E-state index contributed by atoms with van der Waals surface area (Å²) in [5.41, 5.74) is 0.123. The van der Waals surface area contributed by atoms with Crippen molar-refractivity contribution in [2.75, 3.05) is 13.7 Å². The highest BCUT2D eigenvalue weighted by Crippen LogP contribution is 2.27. The number of para-hydroxylation sites is 1. The van der Waals surface area contributed by atoms with Gasteiger partial charge in [-0.05, 0) is 25.0 Å². The molecule has 0 saturated heterocycles. The Bertz CT molecular complexity index is 505. The fourth-order valence-electron chi connectivity index (χ4n) is 2.67. The van der Waals surface area contributed by atoms with E-state index in [1.54, 1.807) is 13.2 Å². The predicted molar refractivity (Wildman–Crippen MR) is 83.1 cm³/mol. The molecule has 1 aromatic carbocycles. The van der Waals surface area contributed by atoms with Crippen molar-refractivity contribution in [1.29, 1.82) is 0 Å². The highest BCUT2D eigenvalue weighted by atomic mass is 16.5. The van der Waals surface area contributed by atoms with E-state index in [4.69, 9.17) is 4.74 Å². The number of hydrogen-bond acceptors (Lipinski definition) is 3. The number of carbonyl (C=O) groups is 1. The van der Waals surface area contributed by atoms with E-state index >= 15 is 0 Å². The molecule has 0 bridgehead atoms. The van der Waals surface area contributed by atoms with Gasteiger partial charge in [0.1, 0.15) is 5.75 Å². The third-order valence-electron chi connectivity index (χ3n) is 3.93. The topological polar surface area (TPSA) is 58.6 Å². The molecule has 0 heterocycles. The minimum absolute atomic E-state index is 0.195. The monoisotopic (exact) mass is 289 g/mol. The van der Waals surface area contributed by atoms with Gasteiger partial charge in [0.05, 0.1) is 12.7 Å². The molecule has 0 radical (unpaired) electrons. The zero-order valence-corrected chi connectivity index (χ0v) is 12.5. The molecular weight excluding hydrogens is 266 g/mol. The van der Waals surface area contributed by atoms with Crippen molar-refractivity contribution in [3.05, 3.63) is 35.9 Å². The van der Waals surface area contributed by atoms with E-state index in [-0.39, 0.29) is 5.91 Å². The van der Waals surface area contributed by atoms with E-state index in [0.29, 0.717) is 6.54 Å². The van der Waals surface area contributed by atoms with Gasteiger partial charge in [0.25, 0.3) is 0 Å². The maximum Gasteiger partial charge on any atom is 0.244 e. The molecule has 4 heteroatoms. The van der Waals surface area contributed by atoms with Crippen LogP contribution in [0.2, 0.25) is 0 Å². The molecular formula is C17H23NO3. The van der Waals surface area contributed by atoms with Crippen LogP contribution in [0, 0.1) is 0 Å². The van der Waals surface area contributed by atoms with Gasteiger partial charge in [-0.2, -0.15) is 0 Å². The summed E-state index contributed by atoms with van der Waals surface area (Å²) in [6.07, 6.45) is 7.97. The number of aliphatic hydroxyl groups is 1. The zero-order valence-electron chi connectivity index (χ0n) is 12.5. The summed E-state index contributed by atoms with van der Waals surface area (Å²) in [6.45, 7) is 0.322. The molecule has 1 aliphatic rings. The molecule has 2 N–H and O–H groups in total. The van der Waals surface area contributed by atoms with Gasteiger partial charge in [-0.1, -0.05) is 37.5 Å². The van der Waals surface area contributed by atoms with Crippen molar-refractivity contribution in [2.45, 2.75) is 37.7 Å². The molecule has 1 aliphatic carbocycles. The SMILES string of the molecule is COc1ccccc1C=CC(=O)NCC1(O)CCCCC1. The van der Waals surface area contributed by atoms with Crippen LogP contribution < -0.4 is 10.1 Å². The highest BCUT2D eigenvalue weighted by Gasteiger charge is 2.29. The van der Waals surface area contributed by atoms with Crippen LogP contribution in [0.3, 0.4) is 0 Å². The summed E-state index contributed by atoms with van der Waals surface area (Å²) in [7, 11) is 1.60. The van der Waals surface area contributed by atoms with Gasteiger partial charge in [-0.15, -0.1) is 0 Å². The Labute approximate surface area is 125 Å². The fourth-order valence-corrected chi connectivity index (χ4v) is 2.67. The molecule has 1 fully saturated rings. The van der Waals surface area contributed by atoms with Crippen LogP contribution in [0.4, 0.5) is 0 Å². The number of nitrogens with one attached hydrogen (secondary N) is 1. The van der Waals surface area contributed by atoms with Gasteiger partial charge in [-0.3, -0.25) is 4.79 Å². The molecule has 21 heavy (non-hydrogen) atoms. The highest BCUT2D eigenvalue weighted by molar-refractivity contribution is 5.92. The van der Waals surface area contributed by atoms with Crippen molar-refractivity contribution in [2.24, 2.45) is 0 Å². The van der Waals surface area contributed by atoms with Crippen LogP contribution in [0.1, 0.15) is 37.7 Å². The first-order valence-electron chi connectivity index (χ1n) is 7.44. The lowest BCUT2D eigenvalue weighted by Gasteiger charge is -2.31. The van der Waals surface area contributed by atoms with E-state index in [9.17, 15) is 9.90 Å². The number of ether oxygens (including phenoxy) is 1. The lowest BCUT2D eigenvalue weighted by atomic mass is 9.85. The van der Waals surface area contributed by atoms with Crippen LogP contribution in [-0.4, -0.2) is 30.3 Å². The van der Waals surface area contributed by atoms with Crippen LogP contribution in [-0.2, 0) is 4.79 Å². The number of amides is 1. The molecule has 4 nitrogen and oxygen atoms in total. The number of methoxy groups -OCH3 is 1. The van der Waals surface area contributed by atoms with Gasteiger partial charge in [0.2, 0.25) is 5.91 Å². The normalized spacial score (nSPS) is 17.6. The number of hydrogen-bond donors (Lipinski definition) is 2. The van der Waals surface area contributed by atoms with E-state index in [2.05, 4.69) is 5.32 Å². The average molecular weight is 289 g/mol. The van der Waals surface area contributed by atoms with E-state index in [1.165, 1.54) is 12.5 Å². The van der Waals surface area contributed by atoms with Crippen LogP contribution >= 0.6 is 0 Å². The second kappa shape index (κ2) is 7.27. The molecule has 0 spiro atoms. The molecule has 114 valence electrons. The smallest absolute Gasteiger partial charge is 0.244 e. The van der Waals surface area contributed by atoms with Gasteiger partial charge >= 0.3 is 0 Å². The van der Waals surface area contributed by atoms with E-state index in [0.717, 1.165) is 37.0 Å². The molecule has 0 atom stereocenters. The lowest BCUT2D eigenvalue weighted by Crippen LogP contribution is -2.43. The first kappa shape index (κ1) is 15.6. The zero-order chi connectivity index (χ0) is 15.1. The minimum atomic E-state index is -0.730. The molecule has 0 aliphatic heterocycles. The Balaban J connectivity index is 1.88. The van der Waals surface area contributed by atoms with Gasteiger partial charge in [0, 0.05) is 18.2 Å². The van der Waals surface area contributed by atoms with Crippen LogP contribution in [0.5, 0.6) is 5.75 Å². The van der Waals surface area contributed by atoms with Crippen molar-refractivity contribution < 1.29 is 14.6 Å². The maximum atomic E-state index is 11.9. The van der Waals surface area contributed by atoms with Crippen molar-refractivity contribution in [3.63, 3.8) is 0 Å². The maximum absolute atomic E-state index is 11.9. The van der Waals surface area contributed by atoms with E-state index < -0.39 is 5.60 Å². The predicted octanol–water partition coefficient (Wildman–Crippen LogP) is 2.52. The Hall–Kier alpha value is -1.81. The summed E-state index contributed by atoms with van der Waals surface area (Å²) in [5.74, 6) is 0.535. The second-order valence-corrected chi connectivity index (χ2v) is 5.58. The van der Waals surface area contributed by atoms with Gasteiger partial charge < -0.3 is 15.2 Å². The Morgan fingerprint density at radius 3 is 2.76 bits per heavy atom. The first-order valence-corrected chi connectivity index (χ1v) is 7.44. The molecule has 1 amide bonds. The molecule has 0 aromatic heterocycles. The van der Waals surface area contributed by atoms with E-state index in [1.807, 2.05) is 24.3 Å². The summed E-state index contributed by atoms with van der Waals surface area (Å²) in [4.78, 5) is 11.9. The largest absolute Gasteiger partial charge is 0.496 e. The van der Waals surface area contributed by atoms with Gasteiger partial charge in [0.15, 0.2) is 0 Å². The molecule has 0 unspecified atom stereocenters. The Morgan fingerprint density at radius 1 is 1.33 bits per heavy atom. The molecule has 1 aromatic rings. The fraction of sp³-hybridized carbons (Fsp3) is 0.471. The average Bonchev–Trinajstić information content (AvgIpc) is 2.52. The summed E-state index contributed by atoms with van der Waals surface area (Å²) < 4.78 is 5.23. The Morgan fingerprint density at radius 2 is 2.05 bits per heavy atom. The second-order valence-electron chi connectivity index (χ2n) is 5.58. The van der Waals surface area contributed by atoms with Crippen molar-refractivity contribution >= 4 is 12.0 Å². The third-order valence-corrected chi connectivity index (χ3v) is 3.93. The minimum Gasteiger partial charge on any atom is -0.496 e. The van der Waals surface area contributed by atoms with Crippen molar-refractivity contribution in [3.8, 4) is 5.75 Å². The molecule has 1 saturated carbocycles. The lowest BCUT2D eigenvalue weighted by molar-refractivity contribution is -0.118.